The largest absolute Gasteiger partial charge is 0.488 e. The topological polar surface area (TPSA) is 50.4 Å². The minimum absolute atomic E-state index is 0.228. The Morgan fingerprint density at radius 2 is 1.92 bits per heavy atom. The number of halogens is 4. The molecule has 0 aliphatic carbocycles. The molecule has 0 radical (unpaired) electrons. The summed E-state index contributed by atoms with van der Waals surface area (Å²) in [6, 6.07) is 11.1. The van der Waals surface area contributed by atoms with Gasteiger partial charge in [-0.15, -0.1) is 0 Å². The quantitative estimate of drug-likeness (QED) is 0.668. The van der Waals surface area contributed by atoms with Gasteiger partial charge in [0.15, 0.2) is 0 Å². The standard InChI is InChI=1S/C18H18Cl2F2N2O2/c1-11(13-5-6-15(19)16(20)8-13)24-18(25)23-9-12-3-2-4-14(7-12)26-10-17(21)22/h2-8,11,17H,9-10H2,1H3,(H2,23,24,25). The summed E-state index contributed by atoms with van der Waals surface area (Å²) in [6.45, 7) is 1.38. The van der Waals surface area contributed by atoms with Crippen LogP contribution in [0.1, 0.15) is 24.1 Å². The van der Waals surface area contributed by atoms with Crippen LogP contribution in [0.4, 0.5) is 13.6 Å². The molecule has 26 heavy (non-hydrogen) atoms. The second-order valence-electron chi connectivity index (χ2n) is 5.57. The molecule has 2 rings (SSSR count). The summed E-state index contributed by atoms with van der Waals surface area (Å²) in [5, 5.41) is 6.35. The van der Waals surface area contributed by atoms with Crippen LogP contribution < -0.4 is 15.4 Å². The minimum Gasteiger partial charge on any atom is -0.488 e. The summed E-state index contributed by atoms with van der Waals surface area (Å²) < 4.78 is 29.3. The van der Waals surface area contributed by atoms with E-state index in [0.29, 0.717) is 15.8 Å². The van der Waals surface area contributed by atoms with Gasteiger partial charge in [-0.05, 0) is 42.3 Å². The van der Waals surface area contributed by atoms with Crippen LogP contribution >= 0.6 is 23.2 Å². The lowest BCUT2D eigenvalue weighted by molar-refractivity contribution is 0.0818. The molecule has 2 aromatic rings. The third-order valence-corrected chi connectivity index (χ3v) is 4.26. The normalized spacial score (nSPS) is 11.9. The van der Waals surface area contributed by atoms with E-state index in [9.17, 15) is 13.6 Å². The zero-order valence-electron chi connectivity index (χ0n) is 13.9. The number of ether oxygens (including phenoxy) is 1. The first-order chi connectivity index (χ1) is 12.3. The maximum atomic E-state index is 12.2. The van der Waals surface area contributed by atoms with Gasteiger partial charge in [-0.3, -0.25) is 0 Å². The molecule has 0 heterocycles. The van der Waals surface area contributed by atoms with Crippen LogP contribution in [-0.2, 0) is 6.54 Å². The lowest BCUT2D eigenvalue weighted by Crippen LogP contribution is -2.36. The zero-order valence-corrected chi connectivity index (χ0v) is 15.5. The van der Waals surface area contributed by atoms with Gasteiger partial charge in [0, 0.05) is 6.54 Å². The third kappa shape index (κ3) is 6.35. The van der Waals surface area contributed by atoms with E-state index in [0.717, 1.165) is 11.1 Å². The number of nitrogens with one attached hydrogen (secondary N) is 2. The van der Waals surface area contributed by atoms with E-state index in [1.165, 1.54) is 0 Å². The highest BCUT2D eigenvalue weighted by Gasteiger charge is 2.11. The Morgan fingerprint density at radius 3 is 2.62 bits per heavy atom. The molecule has 1 unspecified atom stereocenters. The van der Waals surface area contributed by atoms with Crippen molar-refractivity contribution in [2.45, 2.75) is 25.9 Å². The van der Waals surface area contributed by atoms with E-state index in [2.05, 4.69) is 10.6 Å². The van der Waals surface area contributed by atoms with Gasteiger partial charge in [0.1, 0.15) is 12.4 Å². The highest BCUT2D eigenvalue weighted by atomic mass is 35.5. The van der Waals surface area contributed by atoms with Gasteiger partial charge in [-0.1, -0.05) is 41.4 Å². The van der Waals surface area contributed by atoms with Crippen LogP contribution in [0.15, 0.2) is 42.5 Å². The van der Waals surface area contributed by atoms with Crippen molar-refractivity contribution in [2.75, 3.05) is 6.61 Å². The van der Waals surface area contributed by atoms with E-state index in [4.69, 9.17) is 27.9 Å². The van der Waals surface area contributed by atoms with Crippen molar-refractivity contribution >= 4 is 29.2 Å². The predicted octanol–water partition coefficient (Wildman–Crippen LogP) is 5.20. The van der Waals surface area contributed by atoms with Crippen molar-refractivity contribution in [3.8, 4) is 5.75 Å². The highest BCUT2D eigenvalue weighted by molar-refractivity contribution is 6.42. The monoisotopic (exact) mass is 402 g/mol. The number of hydrogen-bond acceptors (Lipinski definition) is 2. The number of benzene rings is 2. The molecule has 0 fully saturated rings. The third-order valence-electron chi connectivity index (χ3n) is 3.52. The average Bonchev–Trinajstić information content (AvgIpc) is 2.61. The number of amides is 2. The summed E-state index contributed by atoms with van der Waals surface area (Å²) in [4.78, 5) is 12.0. The summed E-state index contributed by atoms with van der Waals surface area (Å²) in [7, 11) is 0. The van der Waals surface area contributed by atoms with E-state index in [-0.39, 0.29) is 18.6 Å². The van der Waals surface area contributed by atoms with Gasteiger partial charge in [-0.2, -0.15) is 0 Å². The van der Waals surface area contributed by atoms with Crippen molar-refractivity contribution in [2.24, 2.45) is 0 Å². The molecule has 0 saturated carbocycles. The van der Waals surface area contributed by atoms with E-state index < -0.39 is 13.0 Å². The Labute approximate surface area is 160 Å². The van der Waals surface area contributed by atoms with Crippen LogP contribution in [0.3, 0.4) is 0 Å². The number of alkyl halides is 2. The maximum absolute atomic E-state index is 12.2. The van der Waals surface area contributed by atoms with Gasteiger partial charge >= 0.3 is 6.03 Å². The molecule has 8 heteroatoms. The molecule has 0 aliphatic heterocycles. The number of rotatable bonds is 7. The fraction of sp³-hybridized carbons (Fsp3) is 0.278. The SMILES string of the molecule is CC(NC(=O)NCc1cccc(OCC(F)F)c1)c1ccc(Cl)c(Cl)c1. The Bertz CT molecular complexity index is 760. The molecular formula is C18H18Cl2F2N2O2. The summed E-state index contributed by atoms with van der Waals surface area (Å²) in [5.41, 5.74) is 1.55. The van der Waals surface area contributed by atoms with Crippen molar-refractivity contribution in [3.63, 3.8) is 0 Å². The fourth-order valence-corrected chi connectivity index (χ4v) is 2.51. The lowest BCUT2D eigenvalue weighted by Gasteiger charge is -2.16. The van der Waals surface area contributed by atoms with Crippen LogP contribution in [0, 0.1) is 0 Å². The Balaban J connectivity index is 1.86. The fourth-order valence-electron chi connectivity index (χ4n) is 2.20. The minimum atomic E-state index is -2.54. The summed E-state index contributed by atoms with van der Waals surface area (Å²) in [6.07, 6.45) is -2.54. The smallest absolute Gasteiger partial charge is 0.315 e. The molecule has 2 amide bonds. The zero-order chi connectivity index (χ0) is 19.1. The van der Waals surface area contributed by atoms with Gasteiger partial charge in [0.05, 0.1) is 16.1 Å². The first-order valence-corrected chi connectivity index (χ1v) is 8.60. The van der Waals surface area contributed by atoms with Crippen LogP contribution in [-0.4, -0.2) is 19.1 Å². The second-order valence-corrected chi connectivity index (χ2v) is 6.39. The number of carbonyl (C=O) groups excluding carboxylic acids is 1. The van der Waals surface area contributed by atoms with Crippen LogP contribution in [0.5, 0.6) is 5.75 Å². The molecule has 4 nitrogen and oxygen atoms in total. The van der Waals surface area contributed by atoms with Crippen molar-refractivity contribution in [1.82, 2.24) is 10.6 Å². The molecular weight excluding hydrogens is 385 g/mol. The molecule has 2 aromatic carbocycles. The number of carbonyl (C=O) groups is 1. The molecule has 0 bridgehead atoms. The van der Waals surface area contributed by atoms with Crippen molar-refractivity contribution < 1.29 is 18.3 Å². The van der Waals surface area contributed by atoms with E-state index in [1.807, 2.05) is 6.92 Å². The van der Waals surface area contributed by atoms with Crippen molar-refractivity contribution in [1.29, 1.82) is 0 Å². The molecule has 2 N–H and O–H groups in total. The van der Waals surface area contributed by atoms with Crippen molar-refractivity contribution in [3.05, 3.63) is 63.6 Å². The van der Waals surface area contributed by atoms with Gasteiger partial charge in [0.25, 0.3) is 6.43 Å². The Morgan fingerprint density at radius 1 is 1.15 bits per heavy atom. The van der Waals surface area contributed by atoms with Gasteiger partial charge in [0.2, 0.25) is 0 Å². The molecule has 0 aromatic heterocycles. The Hall–Kier alpha value is -2.05. The van der Waals surface area contributed by atoms with Crippen LogP contribution in [0.25, 0.3) is 0 Å². The molecule has 0 aliphatic rings. The molecule has 0 spiro atoms. The van der Waals surface area contributed by atoms with E-state index >= 15 is 0 Å². The Kier molecular flexibility index (Phi) is 7.48. The first-order valence-electron chi connectivity index (χ1n) is 7.84. The number of urea groups is 1. The first kappa shape index (κ1) is 20.3. The molecule has 0 saturated heterocycles. The highest BCUT2D eigenvalue weighted by Crippen LogP contribution is 2.25. The summed E-state index contributed by atoms with van der Waals surface area (Å²) >= 11 is 11.9. The molecule has 140 valence electrons. The second kappa shape index (κ2) is 9.59. The lowest BCUT2D eigenvalue weighted by atomic mass is 10.1. The predicted molar refractivity (Wildman–Crippen MR) is 98.2 cm³/mol. The number of hydrogen-bond donors (Lipinski definition) is 2. The molecule has 1 atom stereocenters. The van der Waals surface area contributed by atoms with Crippen LogP contribution in [0.2, 0.25) is 10.0 Å². The van der Waals surface area contributed by atoms with Gasteiger partial charge < -0.3 is 15.4 Å². The maximum Gasteiger partial charge on any atom is 0.315 e. The summed E-state index contributed by atoms with van der Waals surface area (Å²) in [5.74, 6) is 0.328. The average molecular weight is 403 g/mol. The van der Waals surface area contributed by atoms with E-state index in [1.54, 1.807) is 42.5 Å². The van der Waals surface area contributed by atoms with Gasteiger partial charge in [-0.25, -0.2) is 13.6 Å².